The molecule has 0 saturated heterocycles. The van der Waals surface area contributed by atoms with Gasteiger partial charge in [-0.1, -0.05) is 27.7 Å². The van der Waals surface area contributed by atoms with Gasteiger partial charge in [-0.3, -0.25) is 14.6 Å². The van der Waals surface area contributed by atoms with Crippen molar-refractivity contribution < 1.29 is 42.1 Å². The van der Waals surface area contributed by atoms with Crippen LogP contribution in [0.2, 0.25) is 0 Å². The van der Waals surface area contributed by atoms with Gasteiger partial charge in [-0.25, -0.2) is 4.79 Å². The van der Waals surface area contributed by atoms with Gasteiger partial charge in [-0.15, -0.1) is 13.2 Å². The van der Waals surface area contributed by atoms with Gasteiger partial charge >= 0.3 is 12.3 Å². The average Bonchev–Trinajstić information content (AvgIpc) is 2.73. The number of nitrogens with one attached hydrogen (secondary N) is 1. The molecule has 0 spiro atoms. The van der Waals surface area contributed by atoms with Crippen molar-refractivity contribution in [3.8, 4) is 5.75 Å². The normalized spacial score (nSPS) is 17.1. The Morgan fingerprint density at radius 2 is 1.78 bits per heavy atom. The molecule has 1 aromatic carbocycles. The topological polar surface area (TPSA) is 114 Å². The zero-order valence-electron chi connectivity index (χ0n) is 20.9. The summed E-state index contributed by atoms with van der Waals surface area (Å²) in [7, 11) is 1.13. The largest absolute Gasteiger partial charge is 0.573 e. The molecule has 36 heavy (non-hydrogen) atoms. The fourth-order valence-corrected chi connectivity index (χ4v) is 3.82. The van der Waals surface area contributed by atoms with Crippen LogP contribution >= 0.6 is 0 Å². The average molecular weight is 513 g/mol. The van der Waals surface area contributed by atoms with E-state index in [1.54, 1.807) is 0 Å². The van der Waals surface area contributed by atoms with Crippen LogP contribution in [0.15, 0.2) is 40.6 Å². The lowest BCUT2D eigenvalue weighted by Crippen LogP contribution is -2.44. The predicted molar refractivity (Wildman–Crippen MR) is 126 cm³/mol. The van der Waals surface area contributed by atoms with E-state index >= 15 is 0 Å². The molecule has 8 nitrogen and oxygen atoms in total. The molecule has 0 heterocycles. The molecule has 0 radical (unpaired) electrons. The molecule has 0 aliphatic heterocycles. The Bertz CT molecular complexity index is 1040. The maximum absolute atomic E-state index is 12.8. The first-order valence-corrected chi connectivity index (χ1v) is 11.4. The molecule has 2 rings (SSSR count). The highest BCUT2D eigenvalue weighted by Crippen LogP contribution is 2.36. The molecule has 1 aliphatic rings. The Hall–Kier alpha value is -3.37. The zero-order chi connectivity index (χ0) is 27.3. The number of hydrogen-bond donors (Lipinski definition) is 2. The van der Waals surface area contributed by atoms with Crippen molar-refractivity contribution in [2.45, 2.75) is 59.4 Å². The summed E-state index contributed by atoms with van der Waals surface area (Å²) in [6, 6.07) is 2.93. The minimum Gasteiger partial charge on any atom is -0.511 e. The van der Waals surface area contributed by atoms with Crippen LogP contribution in [0, 0.1) is 11.3 Å². The van der Waals surface area contributed by atoms with Gasteiger partial charge in [0.15, 0.2) is 5.78 Å². The van der Waals surface area contributed by atoms with Crippen LogP contribution in [0.3, 0.4) is 0 Å². The highest BCUT2D eigenvalue weighted by molar-refractivity contribution is 6.23. The molecule has 1 aromatic rings. The second-order valence-corrected chi connectivity index (χ2v) is 9.77. The third kappa shape index (κ3) is 8.39. The number of aliphatic hydroxyl groups is 1. The Labute approximate surface area is 207 Å². The number of Topliss-reactive ketones (excluding diaryl/α,β-unsaturated/α-hetero) is 1. The Balaban J connectivity index is 2.27. The minimum absolute atomic E-state index is 0.0187. The van der Waals surface area contributed by atoms with E-state index in [4.69, 9.17) is 4.74 Å². The number of esters is 1. The fraction of sp³-hybridized carbons (Fsp3) is 0.520. The Kier molecular flexibility index (Phi) is 9.28. The van der Waals surface area contributed by atoms with Crippen LogP contribution < -0.4 is 10.1 Å². The van der Waals surface area contributed by atoms with Gasteiger partial charge in [0, 0.05) is 24.1 Å². The summed E-state index contributed by atoms with van der Waals surface area (Å²) < 4.78 is 45.6. The van der Waals surface area contributed by atoms with E-state index in [0.29, 0.717) is 18.6 Å². The molecule has 0 fully saturated rings. The van der Waals surface area contributed by atoms with Crippen LogP contribution in [0.4, 0.5) is 13.2 Å². The molecule has 2 N–H and O–H groups in total. The lowest BCUT2D eigenvalue weighted by atomic mass is 9.75. The number of alkyl halides is 3. The molecule has 11 heteroatoms. The van der Waals surface area contributed by atoms with Gasteiger partial charge in [0.1, 0.15) is 17.6 Å². The molecule has 1 atom stereocenters. The van der Waals surface area contributed by atoms with Gasteiger partial charge in [0.2, 0.25) is 0 Å². The standard InChI is InChI=1S/C25H31F3N2O6/c1-14(2)10-17(21-19(31)11-24(3,4)12-20(21)32)29-13-18(23(34)35-5)30-22(33)15-6-8-16(9-7-15)36-25(26,27)28/h6-9,14,18,31H,10-13H2,1-5H3,(H,30,33)/t18-/m0/s1. The first-order valence-electron chi connectivity index (χ1n) is 11.4. The number of amides is 1. The van der Waals surface area contributed by atoms with Gasteiger partial charge in [-0.2, -0.15) is 0 Å². The fourth-order valence-electron chi connectivity index (χ4n) is 3.82. The number of allylic oxidation sites excluding steroid dienone is 2. The predicted octanol–water partition coefficient (Wildman–Crippen LogP) is 4.54. The summed E-state index contributed by atoms with van der Waals surface area (Å²) in [5.74, 6) is -2.28. The number of methoxy groups -OCH3 is 1. The van der Waals surface area contributed by atoms with Gasteiger partial charge in [0.05, 0.1) is 19.2 Å². The first kappa shape index (κ1) is 28.9. The highest BCUT2D eigenvalue weighted by Gasteiger charge is 2.35. The Morgan fingerprint density at radius 1 is 1.17 bits per heavy atom. The monoisotopic (exact) mass is 512 g/mol. The number of aliphatic hydroxyl groups excluding tert-OH is 1. The number of ether oxygens (including phenoxy) is 2. The molecular formula is C25H31F3N2O6. The molecule has 0 unspecified atom stereocenters. The van der Waals surface area contributed by atoms with Crippen molar-refractivity contribution >= 4 is 23.4 Å². The van der Waals surface area contributed by atoms with Crippen molar-refractivity contribution in [3.05, 3.63) is 41.2 Å². The van der Waals surface area contributed by atoms with Crippen molar-refractivity contribution in [1.82, 2.24) is 5.32 Å². The minimum atomic E-state index is -4.87. The first-order chi connectivity index (χ1) is 16.6. The van der Waals surface area contributed by atoms with Crippen LogP contribution in [-0.4, -0.2) is 54.5 Å². The van der Waals surface area contributed by atoms with Crippen LogP contribution in [0.5, 0.6) is 5.75 Å². The molecule has 198 valence electrons. The van der Waals surface area contributed by atoms with Crippen molar-refractivity contribution in [2.75, 3.05) is 13.7 Å². The second-order valence-electron chi connectivity index (χ2n) is 9.77. The van der Waals surface area contributed by atoms with E-state index in [9.17, 15) is 32.7 Å². The number of nitrogens with zero attached hydrogens (tertiary/aromatic N) is 1. The highest BCUT2D eigenvalue weighted by atomic mass is 19.4. The number of aliphatic imine (C=N–C) groups is 1. The summed E-state index contributed by atoms with van der Waals surface area (Å²) in [5.41, 5.74) is 0.0597. The molecule has 0 aromatic heterocycles. The summed E-state index contributed by atoms with van der Waals surface area (Å²) in [5, 5.41) is 13.1. The third-order valence-corrected chi connectivity index (χ3v) is 5.35. The third-order valence-electron chi connectivity index (χ3n) is 5.35. The van der Waals surface area contributed by atoms with Gasteiger partial charge in [0.25, 0.3) is 5.91 Å². The van der Waals surface area contributed by atoms with Gasteiger partial charge in [-0.05, 0) is 42.0 Å². The van der Waals surface area contributed by atoms with E-state index in [1.807, 2.05) is 27.7 Å². The maximum Gasteiger partial charge on any atom is 0.573 e. The Morgan fingerprint density at radius 3 is 2.28 bits per heavy atom. The van der Waals surface area contributed by atoms with Gasteiger partial charge < -0.3 is 19.9 Å². The number of carbonyl (C=O) groups is 3. The summed E-state index contributed by atoms with van der Waals surface area (Å²) >= 11 is 0. The van der Waals surface area contributed by atoms with Crippen LogP contribution in [0.25, 0.3) is 0 Å². The zero-order valence-corrected chi connectivity index (χ0v) is 20.9. The summed E-state index contributed by atoms with van der Waals surface area (Å²) in [4.78, 5) is 42.2. The van der Waals surface area contributed by atoms with E-state index in [1.165, 1.54) is 0 Å². The van der Waals surface area contributed by atoms with Crippen molar-refractivity contribution in [3.63, 3.8) is 0 Å². The van der Waals surface area contributed by atoms with Crippen molar-refractivity contribution in [1.29, 1.82) is 0 Å². The summed E-state index contributed by atoms with van der Waals surface area (Å²) in [6.45, 7) is 7.30. The quantitative estimate of drug-likeness (QED) is 0.371. The van der Waals surface area contributed by atoms with E-state index < -0.39 is 35.4 Å². The molecule has 0 saturated carbocycles. The smallest absolute Gasteiger partial charge is 0.511 e. The number of ketones is 1. The molecule has 0 bridgehead atoms. The van der Waals surface area contributed by atoms with E-state index in [2.05, 4.69) is 15.0 Å². The molecule has 1 aliphatic carbocycles. The van der Waals surface area contributed by atoms with Crippen LogP contribution in [-0.2, 0) is 14.3 Å². The summed E-state index contributed by atoms with van der Waals surface area (Å²) in [6.07, 6.45) is -3.98. The second kappa shape index (κ2) is 11.6. The number of benzene rings is 1. The lowest BCUT2D eigenvalue weighted by Gasteiger charge is -2.30. The number of halogens is 3. The number of carbonyl (C=O) groups excluding carboxylic acids is 3. The molecule has 1 amide bonds. The number of hydrogen-bond acceptors (Lipinski definition) is 7. The van der Waals surface area contributed by atoms with Crippen molar-refractivity contribution in [2.24, 2.45) is 16.3 Å². The SMILES string of the molecule is COC(=O)[C@H](CN=C(CC(C)C)C1=C(O)CC(C)(C)CC1=O)NC(=O)c1ccc(OC(F)(F)F)cc1. The van der Waals surface area contributed by atoms with Crippen LogP contribution in [0.1, 0.15) is 57.3 Å². The lowest BCUT2D eigenvalue weighted by molar-refractivity contribution is -0.274. The number of rotatable bonds is 9. The van der Waals surface area contributed by atoms with E-state index in [-0.39, 0.29) is 41.6 Å². The molecular weight excluding hydrogens is 481 g/mol. The maximum atomic E-state index is 12.8. The van der Waals surface area contributed by atoms with E-state index in [0.717, 1.165) is 31.4 Å².